The molecule has 0 saturated heterocycles. The van der Waals surface area contributed by atoms with Crippen LogP contribution in [-0.2, 0) is 0 Å². The number of hydrogen-bond donors (Lipinski definition) is 1. The highest BCUT2D eigenvalue weighted by molar-refractivity contribution is 5.29. The third-order valence-corrected chi connectivity index (χ3v) is 1.62. The maximum atomic E-state index is 10.0. The van der Waals surface area contributed by atoms with Crippen molar-refractivity contribution < 1.29 is 0 Å². The van der Waals surface area contributed by atoms with Gasteiger partial charge in [-0.3, -0.25) is 5.01 Å². The van der Waals surface area contributed by atoms with E-state index in [4.69, 9.17) is 11.0 Å². The Morgan fingerprint density at radius 1 is 1.73 bits per heavy atom. The minimum absolute atomic E-state index is 0.256. The van der Waals surface area contributed by atoms with E-state index in [9.17, 15) is 4.91 Å². The molecule has 0 aromatic heterocycles. The third-order valence-electron chi connectivity index (χ3n) is 1.62. The molecular weight excluding hydrogens is 144 g/mol. The van der Waals surface area contributed by atoms with E-state index in [0.717, 1.165) is 0 Å². The van der Waals surface area contributed by atoms with E-state index in [1.807, 2.05) is 6.07 Å². The number of nitrogens with two attached hydrogens (primary N) is 1. The quantitative estimate of drug-likeness (QED) is 0.540. The summed E-state index contributed by atoms with van der Waals surface area (Å²) >= 11 is 0. The minimum Gasteiger partial charge on any atom is -0.401 e. The van der Waals surface area contributed by atoms with Gasteiger partial charge in [0.05, 0.1) is 23.5 Å². The van der Waals surface area contributed by atoms with Crippen LogP contribution in [0, 0.1) is 16.2 Å². The second-order valence-corrected chi connectivity index (χ2v) is 2.34. The molecule has 0 fully saturated rings. The molecule has 1 rings (SSSR count). The van der Waals surface area contributed by atoms with Gasteiger partial charge in [-0.25, -0.2) is 0 Å². The van der Waals surface area contributed by atoms with Crippen LogP contribution in [0.15, 0.2) is 16.6 Å². The summed E-state index contributed by atoms with van der Waals surface area (Å²) in [6.45, 7) is 0.770. The molecule has 5 nitrogen and oxygen atoms in total. The summed E-state index contributed by atoms with van der Waals surface area (Å²) in [5.74, 6) is 0. The molecule has 0 spiro atoms. The molecule has 0 bridgehead atoms. The number of rotatable bonds is 1. The smallest absolute Gasteiger partial charge is 0.0985 e. The van der Waals surface area contributed by atoms with Crippen molar-refractivity contribution in [2.75, 3.05) is 13.1 Å². The predicted molar refractivity (Wildman–Crippen MR) is 38.8 cm³/mol. The molecule has 58 valence electrons. The fraction of sp³-hybridized carbons (Fsp3) is 0.500. The molecule has 0 aromatic rings. The fourth-order valence-electron chi connectivity index (χ4n) is 0.940. The molecule has 1 aliphatic rings. The van der Waals surface area contributed by atoms with Gasteiger partial charge in [-0.05, 0) is 0 Å². The second kappa shape index (κ2) is 3.01. The molecule has 2 N–H and O–H groups in total. The maximum Gasteiger partial charge on any atom is 0.0985 e. The number of nitrogens with zero attached hydrogens (tertiary/aromatic N) is 3. The van der Waals surface area contributed by atoms with Crippen LogP contribution in [0.3, 0.4) is 0 Å². The Balaban J connectivity index is 2.74. The first-order valence-electron chi connectivity index (χ1n) is 3.23. The van der Waals surface area contributed by atoms with E-state index < -0.39 is 0 Å². The average molecular weight is 152 g/mol. The van der Waals surface area contributed by atoms with Crippen LogP contribution in [0.2, 0.25) is 0 Å². The molecule has 0 aliphatic carbocycles. The summed E-state index contributed by atoms with van der Waals surface area (Å²) < 4.78 is 0. The Kier molecular flexibility index (Phi) is 2.06. The second-order valence-electron chi connectivity index (χ2n) is 2.34. The zero-order valence-corrected chi connectivity index (χ0v) is 5.95. The summed E-state index contributed by atoms with van der Waals surface area (Å²) in [4.78, 5) is 10.0. The first-order chi connectivity index (χ1) is 5.27. The van der Waals surface area contributed by atoms with Crippen molar-refractivity contribution in [2.24, 2.45) is 11.0 Å². The SMILES string of the molecule is N#CC1=C(N)CCN(N=O)C1. The molecule has 1 heterocycles. The number of nitriles is 1. The molecule has 0 unspecified atom stereocenters. The highest BCUT2D eigenvalue weighted by Gasteiger charge is 2.15. The van der Waals surface area contributed by atoms with Crippen LogP contribution in [0.25, 0.3) is 0 Å². The van der Waals surface area contributed by atoms with E-state index in [1.54, 1.807) is 0 Å². The molecule has 0 radical (unpaired) electrons. The van der Waals surface area contributed by atoms with Crippen molar-refractivity contribution in [3.05, 3.63) is 16.2 Å². The monoisotopic (exact) mass is 152 g/mol. The molecule has 1 aliphatic heterocycles. The van der Waals surface area contributed by atoms with Gasteiger partial charge in [0.25, 0.3) is 0 Å². The molecule has 0 saturated carbocycles. The van der Waals surface area contributed by atoms with E-state index >= 15 is 0 Å². The summed E-state index contributed by atoms with van der Waals surface area (Å²) in [5.41, 5.74) is 6.52. The van der Waals surface area contributed by atoms with Gasteiger partial charge < -0.3 is 5.73 Å². The van der Waals surface area contributed by atoms with E-state index in [-0.39, 0.29) is 6.54 Å². The standard InChI is InChI=1S/C6H8N4O/c7-3-5-4-10(9-11)2-1-6(5)8/h1-2,4,8H2. The van der Waals surface area contributed by atoms with Crippen LogP contribution < -0.4 is 5.73 Å². The third kappa shape index (κ3) is 1.46. The topological polar surface area (TPSA) is 82.5 Å². The molecular formula is C6H8N4O. The van der Waals surface area contributed by atoms with Gasteiger partial charge in [-0.15, -0.1) is 4.91 Å². The van der Waals surface area contributed by atoms with Gasteiger partial charge in [-0.1, -0.05) is 0 Å². The van der Waals surface area contributed by atoms with Crippen LogP contribution in [0.5, 0.6) is 0 Å². The molecule has 11 heavy (non-hydrogen) atoms. The van der Waals surface area contributed by atoms with Crippen molar-refractivity contribution in [3.8, 4) is 6.07 Å². The van der Waals surface area contributed by atoms with Gasteiger partial charge >= 0.3 is 0 Å². The summed E-state index contributed by atoms with van der Waals surface area (Å²) in [5, 5.41) is 12.5. The van der Waals surface area contributed by atoms with Gasteiger partial charge in [0.2, 0.25) is 0 Å². The Morgan fingerprint density at radius 2 is 2.45 bits per heavy atom. The number of nitroso groups, excluding NO2 is 1. The first kappa shape index (κ1) is 7.54. The van der Waals surface area contributed by atoms with Crippen molar-refractivity contribution in [3.63, 3.8) is 0 Å². The largest absolute Gasteiger partial charge is 0.401 e. The highest BCUT2D eigenvalue weighted by Crippen LogP contribution is 2.12. The van der Waals surface area contributed by atoms with Crippen molar-refractivity contribution in [1.82, 2.24) is 5.01 Å². The van der Waals surface area contributed by atoms with E-state index in [2.05, 4.69) is 5.29 Å². The Bertz CT molecular complexity index is 239. The average Bonchev–Trinajstić information content (AvgIpc) is 2.05. The van der Waals surface area contributed by atoms with Gasteiger partial charge in [0.15, 0.2) is 0 Å². The molecule has 0 amide bonds. The van der Waals surface area contributed by atoms with Crippen molar-refractivity contribution in [2.45, 2.75) is 6.42 Å². The summed E-state index contributed by atoms with van der Waals surface area (Å²) in [7, 11) is 0. The van der Waals surface area contributed by atoms with E-state index in [1.165, 1.54) is 5.01 Å². The van der Waals surface area contributed by atoms with Gasteiger partial charge in [-0.2, -0.15) is 5.26 Å². The lowest BCUT2D eigenvalue weighted by Crippen LogP contribution is -2.28. The minimum atomic E-state index is 0.256. The Hall–Kier alpha value is -1.57. The van der Waals surface area contributed by atoms with Crippen molar-refractivity contribution >= 4 is 0 Å². The maximum absolute atomic E-state index is 10.0. The van der Waals surface area contributed by atoms with Crippen molar-refractivity contribution in [1.29, 1.82) is 5.26 Å². The summed E-state index contributed by atoms with van der Waals surface area (Å²) in [6.07, 6.45) is 0.550. The Morgan fingerprint density at radius 3 is 3.00 bits per heavy atom. The molecule has 0 aromatic carbocycles. The van der Waals surface area contributed by atoms with Gasteiger partial charge in [0, 0.05) is 18.7 Å². The lowest BCUT2D eigenvalue weighted by atomic mass is 10.1. The van der Waals surface area contributed by atoms with Crippen LogP contribution in [0.4, 0.5) is 0 Å². The predicted octanol–water partition coefficient (Wildman–Crippen LogP) is 0.110. The molecule has 5 heteroatoms. The van der Waals surface area contributed by atoms with Gasteiger partial charge in [0.1, 0.15) is 0 Å². The van der Waals surface area contributed by atoms with E-state index in [0.29, 0.717) is 24.2 Å². The molecule has 0 atom stereocenters. The lowest BCUT2D eigenvalue weighted by molar-refractivity contribution is 0.299. The first-order valence-corrected chi connectivity index (χ1v) is 3.23. The van der Waals surface area contributed by atoms with Crippen LogP contribution in [-0.4, -0.2) is 18.1 Å². The lowest BCUT2D eigenvalue weighted by Gasteiger charge is -2.20. The zero-order chi connectivity index (χ0) is 8.27. The fourth-order valence-corrected chi connectivity index (χ4v) is 0.940. The highest BCUT2D eigenvalue weighted by atomic mass is 16.3. The van der Waals surface area contributed by atoms with Crippen LogP contribution >= 0.6 is 0 Å². The summed E-state index contributed by atoms with van der Waals surface area (Å²) in [6, 6.07) is 1.93. The number of hydrogen-bond acceptors (Lipinski definition) is 4. The Labute approximate surface area is 64.0 Å². The van der Waals surface area contributed by atoms with Crippen LogP contribution in [0.1, 0.15) is 6.42 Å². The zero-order valence-electron chi connectivity index (χ0n) is 5.95. The normalized spacial score (nSPS) is 17.9.